The largest absolute Gasteiger partial charge is 0.297 e. The van der Waals surface area contributed by atoms with Gasteiger partial charge < -0.3 is 0 Å². The van der Waals surface area contributed by atoms with E-state index in [0.29, 0.717) is 17.6 Å². The molecule has 8 rings (SSSR count). The molecular formula is C33H24O. The van der Waals surface area contributed by atoms with Crippen LogP contribution in [0.4, 0.5) is 0 Å². The van der Waals surface area contributed by atoms with Gasteiger partial charge in [0.2, 0.25) is 0 Å². The Morgan fingerprint density at radius 1 is 0.471 bits per heavy atom. The van der Waals surface area contributed by atoms with Crippen molar-refractivity contribution in [1.82, 2.24) is 0 Å². The Morgan fingerprint density at radius 2 is 0.824 bits per heavy atom. The van der Waals surface area contributed by atoms with Gasteiger partial charge in [0.1, 0.15) is 0 Å². The second kappa shape index (κ2) is 6.24. The Bertz CT molecular complexity index is 1510. The quantitative estimate of drug-likeness (QED) is 0.268. The first-order chi connectivity index (χ1) is 16.8. The van der Waals surface area contributed by atoms with Crippen LogP contribution in [-0.2, 0) is 15.6 Å². The molecule has 0 unspecified atom stereocenters. The molecule has 1 nitrogen and oxygen atoms in total. The van der Waals surface area contributed by atoms with Gasteiger partial charge >= 0.3 is 0 Å². The lowest BCUT2D eigenvalue weighted by atomic mass is 9.51. The second-order valence-corrected chi connectivity index (χ2v) is 10.3. The van der Waals surface area contributed by atoms with E-state index in [4.69, 9.17) is 0 Å². The fourth-order valence-corrected chi connectivity index (χ4v) is 8.12. The molecule has 4 atom stereocenters. The van der Waals surface area contributed by atoms with E-state index < -0.39 is 10.8 Å². The van der Waals surface area contributed by atoms with Crippen molar-refractivity contribution in [3.63, 3.8) is 0 Å². The molecule has 0 N–H and O–H groups in total. The predicted octanol–water partition coefficient (Wildman–Crippen LogP) is 7.19. The van der Waals surface area contributed by atoms with Crippen LogP contribution in [0.3, 0.4) is 0 Å². The molecule has 0 radical (unpaired) electrons. The highest BCUT2D eigenvalue weighted by atomic mass is 16.1. The summed E-state index contributed by atoms with van der Waals surface area (Å²) < 4.78 is 0. The zero-order chi connectivity index (χ0) is 22.5. The van der Waals surface area contributed by atoms with Crippen molar-refractivity contribution in [2.45, 2.75) is 23.7 Å². The summed E-state index contributed by atoms with van der Waals surface area (Å²) in [6.45, 7) is 0. The van der Waals surface area contributed by atoms with Gasteiger partial charge in [-0.1, -0.05) is 109 Å². The maximum Gasteiger partial charge on any atom is 0.163 e. The summed E-state index contributed by atoms with van der Waals surface area (Å²) in [7, 11) is 0. The number of benzene rings is 5. The van der Waals surface area contributed by atoms with E-state index in [1.165, 1.54) is 43.8 Å². The topological polar surface area (TPSA) is 17.1 Å². The molecule has 5 aromatic carbocycles. The molecule has 1 heteroatoms. The molecule has 3 aliphatic rings. The standard InChI is InChI=1S/C33H24O/c34-31-32(21-11-3-1-4-12-21)27-19-20-28(27)33(31,22-13-5-2-6-14-22)30-26-18-10-8-16-24(26)23-15-7-9-17-25(23)29(30)32/h1-18,27-28H,19-20H2/t27-,28+,32-,33+. The Balaban J connectivity index is 1.67. The van der Waals surface area contributed by atoms with Crippen LogP contribution in [0, 0.1) is 11.8 Å². The highest BCUT2D eigenvalue weighted by molar-refractivity contribution is 6.23. The van der Waals surface area contributed by atoms with E-state index in [1.54, 1.807) is 0 Å². The molecule has 5 aromatic rings. The highest BCUT2D eigenvalue weighted by Gasteiger charge is 2.78. The third-order valence-electron chi connectivity index (χ3n) is 9.28. The Morgan fingerprint density at radius 3 is 1.21 bits per heavy atom. The summed E-state index contributed by atoms with van der Waals surface area (Å²) in [4.78, 5) is 15.2. The minimum Gasteiger partial charge on any atom is -0.297 e. The minimum atomic E-state index is -0.584. The monoisotopic (exact) mass is 436 g/mol. The number of carbonyl (C=O) groups is 1. The van der Waals surface area contributed by atoms with E-state index in [9.17, 15) is 0 Å². The second-order valence-electron chi connectivity index (χ2n) is 10.3. The number of fused-ring (bicyclic) bond motifs is 13. The van der Waals surface area contributed by atoms with Crippen LogP contribution < -0.4 is 0 Å². The average molecular weight is 437 g/mol. The third-order valence-corrected chi connectivity index (χ3v) is 9.28. The van der Waals surface area contributed by atoms with Crippen molar-refractivity contribution >= 4 is 27.3 Å². The summed E-state index contributed by atoms with van der Waals surface area (Å²) in [6.07, 6.45) is 2.22. The summed E-state index contributed by atoms with van der Waals surface area (Å²) >= 11 is 0. The molecule has 2 saturated carbocycles. The molecule has 0 aliphatic heterocycles. The van der Waals surface area contributed by atoms with Gasteiger partial charge in [0.15, 0.2) is 5.78 Å². The van der Waals surface area contributed by atoms with Crippen molar-refractivity contribution in [3.8, 4) is 0 Å². The van der Waals surface area contributed by atoms with Crippen LogP contribution in [0.1, 0.15) is 35.1 Å². The Labute approximate surface area is 199 Å². The van der Waals surface area contributed by atoms with Gasteiger partial charge in [-0.15, -0.1) is 0 Å². The van der Waals surface area contributed by atoms with Crippen LogP contribution in [0.25, 0.3) is 21.5 Å². The van der Waals surface area contributed by atoms with Crippen LogP contribution in [-0.4, -0.2) is 5.78 Å². The molecule has 0 saturated heterocycles. The SMILES string of the molecule is O=C1[C@@]2(c3ccccc3)c3c(c4ccccc4c4ccccc34)[C@]1(c1ccccc1)[C@H]1CC[C@H]12. The van der Waals surface area contributed by atoms with Crippen molar-refractivity contribution in [2.75, 3.05) is 0 Å². The number of ketones is 1. The highest BCUT2D eigenvalue weighted by Crippen LogP contribution is 2.75. The molecule has 2 bridgehead atoms. The number of hydrogen-bond acceptors (Lipinski definition) is 1. The summed E-state index contributed by atoms with van der Waals surface area (Å²) in [6, 6.07) is 38.9. The van der Waals surface area contributed by atoms with Crippen molar-refractivity contribution in [3.05, 3.63) is 131 Å². The molecule has 0 aromatic heterocycles. The van der Waals surface area contributed by atoms with Crippen LogP contribution in [0.2, 0.25) is 0 Å². The van der Waals surface area contributed by atoms with Gasteiger partial charge in [-0.25, -0.2) is 0 Å². The lowest BCUT2D eigenvalue weighted by Crippen LogP contribution is -2.46. The minimum absolute atomic E-state index is 0.347. The van der Waals surface area contributed by atoms with Crippen LogP contribution in [0.15, 0.2) is 109 Å². The first-order valence-electron chi connectivity index (χ1n) is 12.4. The predicted molar refractivity (Wildman–Crippen MR) is 137 cm³/mol. The fourth-order valence-electron chi connectivity index (χ4n) is 8.12. The number of Topliss-reactive ketones (excluding diaryl/α,β-unsaturated/α-hetero) is 1. The smallest absolute Gasteiger partial charge is 0.163 e. The van der Waals surface area contributed by atoms with Crippen LogP contribution in [0.5, 0.6) is 0 Å². The molecule has 2 fully saturated rings. The zero-order valence-corrected chi connectivity index (χ0v) is 18.9. The Kier molecular flexibility index (Phi) is 3.43. The third kappa shape index (κ3) is 1.83. The first-order valence-corrected chi connectivity index (χ1v) is 12.4. The van der Waals surface area contributed by atoms with Crippen molar-refractivity contribution in [2.24, 2.45) is 11.8 Å². The first kappa shape index (κ1) is 18.7. The van der Waals surface area contributed by atoms with Crippen molar-refractivity contribution in [1.29, 1.82) is 0 Å². The van der Waals surface area contributed by atoms with Crippen LogP contribution >= 0.6 is 0 Å². The van der Waals surface area contributed by atoms with Gasteiger partial charge in [0.25, 0.3) is 0 Å². The molecule has 0 heterocycles. The molecule has 162 valence electrons. The van der Waals surface area contributed by atoms with E-state index in [0.717, 1.165) is 12.8 Å². The Hall–Kier alpha value is -3.71. The fraction of sp³-hybridized carbons (Fsp3) is 0.182. The van der Waals surface area contributed by atoms with Gasteiger partial charge in [0, 0.05) is 0 Å². The summed E-state index contributed by atoms with van der Waals surface area (Å²) in [5.41, 5.74) is 3.74. The van der Waals surface area contributed by atoms with E-state index in [1.807, 2.05) is 0 Å². The summed E-state index contributed by atoms with van der Waals surface area (Å²) in [5.74, 6) is 1.10. The lowest BCUT2D eigenvalue weighted by Gasteiger charge is -2.50. The summed E-state index contributed by atoms with van der Waals surface area (Å²) in [5, 5.41) is 5.01. The van der Waals surface area contributed by atoms with Gasteiger partial charge in [-0.3, -0.25) is 4.79 Å². The average Bonchev–Trinajstić information content (AvgIpc) is 3.20. The van der Waals surface area contributed by atoms with E-state index >= 15 is 4.79 Å². The van der Waals surface area contributed by atoms with Gasteiger partial charge in [-0.2, -0.15) is 0 Å². The molecule has 34 heavy (non-hydrogen) atoms. The number of hydrogen-bond donors (Lipinski definition) is 0. The van der Waals surface area contributed by atoms with E-state index in [-0.39, 0.29) is 0 Å². The lowest BCUT2D eigenvalue weighted by molar-refractivity contribution is -0.123. The molecule has 0 amide bonds. The van der Waals surface area contributed by atoms with E-state index in [2.05, 4.69) is 109 Å². The number of carbonyl (C=O) groups excluding carboxylic acids is 1. The molecule has 3 aliphatic carbocycles. The number of rotatable bonds is 2. The zero-order valence-electron chi connectivity index (χ0n) is 18.9. The maximum atomic E-state index is 15.2. The van der Waals surface area contributed by atoms with Crippen molar-refractivity contribution < 1.29 is 4.79 Å². The maximum absolute atomic E-state index is 15.2. The van der Waals surface area contributed by atoms with Gasteiger partial charge in [0.05, 0.1) is 10.8 Å². The molecule has 0 spiro atoms. The van der Waals surface area contributed by atoms with Gasteiger partial charge in [-0.05, 0) is 68.5 Å². The normalized spacial score (nSPS) is 28.6. The molecular weight excluding hydrogens is 412 g/mol.